The van der Waals surface area contributed by atoms with Gasteiger partial charge in [-0.15, -0.1) is 0 Å². The van der Waals surface area contributed by atoms with Crippen molar-refractivity contribution in [2.24, 2.45) is 4.99 Å². The number of benzene rings is 2. The van der Waals surface area contributed by atoms with E-state index in [1.165, 1.54) is 16.7 Å². The minimum Gasteiger partial charge on any atom is -0.206 e. The van der Waals surface area contributed by atoms with Crippen LogP contribution in [-0.4, -0.2) is 5.16 Å². The molecule has 140 valence electrons. The Morgan fingerprint density at radius 1 is 1.11 bits per heavy atom. The lowest BCUT2D eigenvalue weighted by Crippen LogP contribution is -1.98. The van der Waals surface area contributed by atoms with Gasteiger partial charge in [-0.1, -0.05) is 49.5 Å². The minimum absolute atomic E-state index is 0.0122. The summed E-state index contributed by atoms with van der Waals surface area (Å²) < 4.78 is 28.0. The van der Waals surface area contributed by atoms with Crippen molar-refractivity contribution in [3.05, 3.63) is 81.9 Å². The number of unbranched alkanes of at least 4 members (excludes halogenated alkanes) is 1. The van der Waals surface area contributed by atoms with Crippen LogP contribution in [0.5, 0.6) is 0 Å². The van der Waals surface area contributed by atoms with Crippen LogP contribution >= 0.6 is 12.2 Å². The molecular formula is C24H19F2NS. The molecule has 0 unspecified atom stereocenters. The van der Waals surface area contributed by atoms with E-state index in [-0.39, 0.29) is 11.3 Å². The van der Waals surface area contributed by atoms with E-state index in [0.29, 0.717) is 0 Å². The van der Waals surface area contributed by atoms with Crippen molar-refractivity contribution in [2.45, 2.75) is 32.6 Å². The Morgan fingerprint density at radius 3 is 2.75 bits per heavy atom. The fourth-order valence-electron chi connectivity index (χ4n) is 3.03. The lowest BCUT2D eigenvalue weighted by molar-refractivity contribution is 0.599. The Morgan fingerprint density at radius 2 is 1.96 bits per heavy atom. The van der Waals surface area contributed by atoms with Crippen LogP contribution in [0.1, 0.15) is 48.4 Å². The molecule has 0 aliphatic heterocycles. The number of nitrogens with zero attached hydrogens (tertiary/aromatic N) is 1. The van der Waals surface area contributed by atoms with Gasteiger partial charge in [-0.25, -0.2) is 8.78 Å². The normalized spacial score (nSPS) is 12.6. The lowest BCUT2D eigenvalue weighted by atomic mass is 9.90. The summed E-state index contributed by atoms with van der Waals surface area (Å²) in [6.07, 6.45) is 10.8. The number of aryl methyl sites for hydroxylation is 1. The van der Waals surface area contributed by atoms with Gasteiger partial charge in [0.1, 0.15) is 11.5 Å². The first-order valence-electron chi connectivity index (χ1n) is 9.19. The van der Waals surface area contributed by atoms with Crippen molar-refractivity contribution < 1.29 is 8.78 Å². The van der Waals surface area contributed by atoms with Crippen LogP contribution < -0.4 is 0 Å². The number of allylic oxidation sites excluding steroid dienone is 3. The smallest absolute Gasteiger partial charge is 0.151 e. The number of hydrogen-bond acceptors (Lipinski definition) is 2. The van der Waals surface area contributed by atoms with Crippen molar-refractivity contribution >= 4 is 29.1 Å². The summed E-state index contributed by atoms with van der Waals surface area (Å²) in [6, 6.07) is 7.96. The van der Waals surface area contributed by atoms with Crippen LogP contribution in [-0.2, 0) is 6.42 Å². The van der Waals surface area contributed by atoms with Crippen LogP contribution in [0.2, 0.25) is 0 Å². The average molecular weight is 391 g/mol. The molecule has 1 aliphatic rings. The Hall–Kier alpha value is -2.86. The molecule has 2 aromatic rings. The molecular weight excluding hydrogens is 372 g/mol. The van der Waals surface area contributed by atoms with Gasteiger partial charge >= 0.3 is 0 Å². The van der Waals surface area contributed by atoms with Gasteiger partial charge in [-0.3, -0.25) is 0 Å². The maximum Gasteiger partial charge on any atom is 0.151 e. The molecule has 0 N–H and O–H groups in total. The predicted molar refractivity (Wildman–Crippen MR) is 114 cm³/mol. The van der Waals surface area contributed by atoms with E-state index in [0.717, 1.165) is 43.4 Å². The Bertz CT molecular complexity index is 1060. The number of rotatable bonds is 4. The number of thiocarbonyl (C=S) groups is 1. The summed E-state index contributed by atoms with van der Waals surface area (Å²) in [5.41, 5.74) is 4.32. The zero-order valence-electron chi connectivity index (χ0n) is 15.6. The van der Waals surface area contributed by atoms with E-state index in [9.17, 15) is 8.78 Å². The first-order valence-corrected chi connectivity index (χ1v) is 9.60. The first kappa shape index (κ1) is 19.9. The quantitative estimate of drug-likeness (QED) is 0.318. The molecule has 28 heavy (non-hydrogen) atoms. The fourth-order valence-corrected chi connectivity index (χ4v) is 3.13. The van der Waals surface area contributed by atoms with E-state index < -0.39 is 11.6 Å². The highest BCUT2D eigenvalue weighted by Gasteiger charge is 2.10. The molecule has 1 nitrogen and oxygen atoms in total. The second-order valence-electron chi connectivity index (χ2n) is 6.56. The van der Waals surface area contributed by atoms with Crippen molar-refractivity contribution in [2.75, 3.05) is 0 Å². The summed E-state index contributed by atoms with van der Waals surface area (Å²) in [4.78, 5) is 3.50. The summed E-state index contributed by atoms with van der Waals surface area (Å²) in [5.74, 6) is 4.32. The van der Waals surface area contributed by atoms with Crippen LogP contribution in [0, 0.1) is 23.5 Å². The van der Waals surface area contributed by atoms with Gasteiger partial charge in [0.15, 0.2) is 5.82 Å². The maximum atomic E-state index is 14.1. The maximum absolute atomic E-state index is 14.1. The van der Waals surface area contributed by atoms with E-state index in [2.05, 4.69) is 54.2 Å². The van der Waals surface area contributed by atoms with E-state index in [1.807, 2.05) is 23.4 Å². The van der Waals surface area contributed by atoms with Gasteiger partial charge in [0.2, 0.25) is 0 Å². The molecule has 4 heteroatoms. The summed E-state index contributed by atoms with van der Waals surface area (Å²) in [7, 11) is 0. The topological polar surface area (TPSA) is 12.4 Å². The number of aliphatic imine (C=N–C) groups is 1. The minimum atomic E-state index is -0.678. The fraction of sp³-hybridized carbons (Fsp3) is 0.208. The van der Waals surface area contributed by atoms with Crippen LogP contribution in [0.3, 0.4) is 0 Å². The molecule has 0 fully saturated rings. The third kappa shape index (κ3) is 4.89. The van der Waals surface area contributed by atoms with Gasteiger partial charge in [0, 0.05) is 11.6 Å². The van der Waals surface area contributed by atoms with E-state index >= 15 is 0 Å². The van der Waals surface area contributed by atoms with Crippen molar-refractivity contribution in [3.8, 4) is 11.8 Å². The van der Waals surface area contributed by atoms with Gasteiger partial charge < -0.3 is 0 Å². The Kier molecular flexibility index (Phi) is 6.66. The zero-order valence-corrected chi connectivity index (χ0v) is 16.4. The molecule has 0 saturated carbocycles. The molecule has 0 atom stereocenters. The van der Waals surface area contributed by atoms with Gasteiger partial charge in [-0.05, 0) is 66.4 Å². The van der Waals surface area contributed by atoms with Crippen LogP contribution in [0.15, 0.2) is 53.0 Å². The highest BCUT2D eigenvalue weighted by Crippen LogP contribution is 2.26. The van der Waals surface area contributed by atoms with E-state index in [1.54, 1.807) is 0 Å². The van der Waals surface area contributed by atoms with Crippen molar-refractivity contribution in [3.63, 3.8) is 0 Å². The molecule has 0 spiro atoms. The molecule has 1 aliphatic carbocycles. The third-order valence-corrected chi connectivity index (χ3v) is 4.59. The molecule has 2 aromatic carbocycles. The largest absolute Gasteiger partial charge is 0.206 e. The van der Waals surface area contributed by atoms with E-state index in [4.69, 9.17) is 0 Å². The SMILES string of the molecule is CCC/C=C/C1=Cc2ccc(C#Cc3cc(F)c(N=C=S)cc3F)cc2CC1. The van der Waals surface area contributed by atoms with Crippen LogP contribution in [0.4, 0.5) is 14.5 Å². The highest BCUT2D eigenvalue weighted by molar-refractivity contribution is 7.78. The zero-order chi connectivity index (χ0) is 19.9. The molecule has 3 rings (SSSR count). The molecule has 0 amide bonds. The van der Waals surface area contributed by atoms with Gasteiger partial charge in [-0.2, -0.15) is 4.99 Å². The third-order valence-electron chi connectivity index (χ3n) is 4.50. The molecule has 0 heterocycles. The summed E-state index contributed by atoms with van der Waals surface area (Å²) in [5, 5.41) is 2.03. The molecule has 0 saturated heterocycles. The highest BCUT2D eigenvalue weighted by atomic mass is 32.1. The number of isothiocyanates is 1. The summed E-state index contributed by atoms with van der Waals surface area (Å²) >= 11 is 4.43. The second-order valence-corrected chi connectivity index (χ2v) is 6.74. The van der Waals surface area contributed by atoms with Gasteiger partial charge in [0.25, 0.3) is 0 Å². The average Bonchev–Trinajstić information content (AvgIpc) is 2.69. The number of hydrogen-bond donors (Lipinski definition) is 0. The van der Waals surface area contributed by atoms with Crippen molar-refractivity contribution in [1.29, 1.82) is 0 Å². The standard InChI is InChI=1S/C24H19F2NS/c1-2-3-4-5-17-6-9-20-13-18(7-10-19(20)12-17)8-11-21-14-23(26)24(27-16-28)15-22(21)25/h4-5,7,10,12-15H,2-3,6,9H2,1H3/b5-4+. The second kappa shape index (κ2) is 9.37. The van der Waals surface area contributed by atoms with Gasteiger partial charge in [0.05, 0.1) is 10.7 Å². The first-order chi connectivity index (χ1) is 13.6. The van der Waals surface area contributed by atoms with Crippen LogP contribution in [0.25, 0.3) is 6.08 Å². The van der Waals surface area contributed by atoms with Crippen molar-refractivity contribution in [1.82, 2.24) is 0 Å². The molecule has 0 bridgehead atoms. The monoisotopic (exact) mass is 391 g/mol. The number of fused-ring (bicyclic) bond motifs is 1. The Labute approximate surface area is 169 Å². The molecule has 0 aromatic heterocycles. The predicted octanol–water partition coefficient (Wildman–Crippen LogP) is 6.78. The molecule has 0 radical (unpaired) electrons. The Balaban J connectivity index is 1.83. The summed E-state index contributed by atoms with van der Waals surface area (Å²) in [6.45, 7) is 2.17. The number of halogens is 2. The lowest BCUT2D eigenvalue weighted by Gasteiger charge is -2.14.